The Kier molecular flexibility index (Phi) is 11.7. The minimum atomic E-state index is -1.03. The molecule has 0 radical (unpaired) electrons. The summed E-state index contributed by atoms with van der Waals surface area (Å²) in [5.41, 5.74) is 1.01. The Bertz CT molecular complexity index is 1260. The van der Waals surface area contributed by atoms with Crippen LogP contribution in [0.15, 0.2) is 36.7 Å². The molecule has 1 aromatic carbocycles. The normalized spacial score (nSPS) is 22.7. The molecular weight excluding hydrogens is 554 g/mol. The van der Waals surface area contributed by atoms with Crippen molar-refractivity contribution in [2.45, 2.75) is 71.6 Å². The fourth-order valence-electron chi connectivity index (χ4n) is 4.71. The molecule has 0 bridgehead atoms. The van der Waals surface area contributed by atoms with Crippen LogP contribution in [0.1, 0.15) is 57.0 Å². The fourth-order valence-corrected chi connectivity index (χ4v) is 4.71. The molecule has 0 aliphatic carbocycles. The van der Waals surface area contributed by atoms with E-state index in [1.165, 1.54) is 17.3 Å². The second kappa shape index (κ2) is 15.2. The third-order valence-electron chi connectivity index (χ3n) is 7.26. The summed E-state index contributed by atoms with van der Waals surface area (Å²) in [6.45, 7) is 8.81. The van der Waals surface area contributed by atoms with Crippen LogP contribution in [0.5, 0.6) is 5.75 Å². The maximum absolute atomic E-state index is 13.6. The maximum atomic E-state index is 13.6. The highest BCUT2D eigenvalue weighted by molar-refractivity contribution is 5.98. The van der Waals surface area contributed by atoms with E-state index in [0.29, 0.717) is 12.2 Å². The van der Waals surface area contributed by atoms with E-state index in [2.05, 4.69) is 31.5 Å². The van der Waals surface area contributed by atoms with Crippen LogP contribution in [-0.4, -0.2) is 89.0 Å². The summed E-state index contributed by atoms with van der Waals surface area (Å²) in [5.74, 6) is -2.01. The molecule has 1 aliphatic rings. The molecule has 43 heavy (non-hydrogen) atoms. The van der Waals surface area contributed by atoms with Crippen molar-refractivity contribution in [1.29, 1.82) is 0 Å². The molecule has 1 fully saturated rings. The number of H-pyrrole nitrogens is 1. The molecule has 3 rings (SSSR count). The molecule has 1 aromatic heterocycles. The van der Waals surface area contributed by atoms with E-state index in [4.69, 9.17) is 4.74 Å². The van der Waals surface area contributed by atoms with E-state index in [9.17, 15) is 24.0 Å². The number of benzene rings is 1. The van der Waals surface area contributed by atoms with Crippen molar-refractivity contribution in [3.05, 3.63) is 47.8 Å². The monoisotopic (exact) mass is 597 g/mol. The number of aromatic amines is 1. The third-order valence-corrected chi connectivity index (χ3v) is 7.26. The molecule has 0 saturated carbocycles. The predicted octanol–water partition coefficient (Wildman–Crippen LogP) is 0.778. The quantitative estimate of drug-likeness (QED) is 0.313. The number of rotatable bonds is 7. The molecule has 13 heteroatoms. The van der Waals surface area contributed by atoms with Crippen LogP contribution in [0.3, 0.4) is 0 Å². The Hall–Kier alpha value is -4.42. The van der Waals surface area contributed by atoms with Gasteiger partial charge in [-0.05, 0) is 42.9 Å². The lowest BCUT2D eigenvalue weighted by atomic mass is 10.0. The Labute approximate surface area is 251 Å². The minimum Gasteiger partial charge on any atom is -0.497 e. The van der Waals surface area contributed by atoms with Crippen molar-refractivity contribution in [3.63, 3.8) is 0 Å². The van der Waals surface area contributed by atoms with Gasteiger partial charge in [0.1, 0.15) is 23.9 Å². The van der Waals surface area contributed by atoms with Gasteiger partial charge in [0.25, 0.3) is 5.91 Å². The Morgan fingerprint density at radius 1 is 0.953 bits per heavy atom. The van der Waals surface area contributed by atoms with E-state index < -0.39 is 53.7 Å². The molecular formula is C30H43N7O6. The lowest BCUT2D eigenvalue weighted by Crippen LogP contribution is -2.57. The summed E-state index contributed by atoms with van der Waals surface area (Å²) >= 11 is 0. The van der Waals surface area contributed by atoms with Gasteiger partial charge in [0.2, 0.25) is 23.6 Å². The molecule has 1 aliphatic heterocycles. The van der Waals surface area contributed by atoms with Gasteiger partial charge in [0, 0.05) is 25.2 Å². The highest BCUT2D eigenvalue weighted by Crippen LogP contribution is 2.15. The topological polar surface area (TPSA) is 175 Å². The van der Waals surface area contributed by atoms with Crippen LogP contribution in [0.4, 0.5) is 0 Å². The number of nitrogens with one attached hydrogen (secondary N) is 5. The van der Waals surface area contributed by atoms with Crippen molar-refractivity contribution in [1.82, 2.24) is 36.4 Å². The van der Waals surface area contributed by atoms with E-state index in [1.54, 1.807) is 38.3 Å². The van der Waals surface area contributed by atoms with Gasteiger partial charge in [-0.25, -0.2) is 0 Å². The van der Waals surface area contributed by atoms with Gasteiger partial charge in [-0.3, -0.25) is 29.1 Å². The smallest absolute Gasteiger partial charge is 0.257 e. The summed E-state index contributed by atoms with van der Waals surface area (Å²) < 4.78 is 5.21. The lowest BCUT2D eigenvalue weighted by Gasteiger charge is -2.31. The Balaban J connectivity index is 1.97. The average molecular weight is 598 g/mol. The summed E-state index contributed by atoms with van der Waals surface area (Å²) in [4.78, 5) is 68.3. The fraction of sp³-hybridized carbons (Fsp3) is 0.533. The number of methoxy groups -OCH3 is 1. The molecule has 1 saturated heterocycles. The van der Waals surface area contributed by atoms with Crippen molar-refractivity contribution < 1.29 is 28.7 Å². The van der Waals surface area contributed by atoms with E-state index in [-0.39, 0.29) is 36.9 Å². The largest absolute Gasteiger partial charge is 0.497 e. The zero-order valence-corrected chi connectivity index (χ0v) is 25.6. The first-order valence-electron chi connectivity index (χ1n) is 14.5. The Morgan fingerprint density at radius 3 is 2.21 bits per heavy atom. The average Bonchev–Trinajstić information content (AvgIpc) is 3.49. The SMILES string of the molecule is COc1ccc(C[C@@H]2NC(=O)[C@H](CC(C)C)NC(=O)CN(C(=O)c3cn[nH]c3)C[C@H](C(C)C)NC(=O)[C@@H](C)NC2=O)cc1. The highest BCUT2D eigenvalue weighted by Gasteiger charge is 2.32. The number of carbonyl (C=O) groups excluding carboxylic acids is 5. The number of amides is 5. The second-order valence-electron chi connectivity index (χ2n) is 11.6. The van der Waals surface area contributed by atoms with E-state index in [0.717, 1.165) is 5.56 Å². The summed E-state index contributed by atoms with van der Waals surface area (Å²) in [7, 11) is 1.55. The molecule has 2 heterocycles. The predicted molar refractivity (Wildman–Crippen MR) is 159 cm³/mol. The Morgan fingerprint density at radius 2 is 1.63 bits per heavy atom. The van der Waals surface area contributed by atoms with Crippen LogP contribution >= 0.6 is 0 Å². The number of carbonyl (C=O) groups is 5. The molecule has 2 aromatic rings. The van der Waals surface area contributed by atoms with Gasteiger partial charge in [-0.1, -0.05) is 39.8 Å². The number of nitrogens with zero attached hydrogens (tertiary/aromatic N) is 2. The molecule has 0 spiro atoms. The maximum Gasteiger partial charge on any atom is 0.257 e. The zero-order chi connectivity index (χ0) is 31.7. The standard InChI is InChI=1S/C30H43N7O6/c1-17(2)11-23-29(41)35-24(12-20-7-9-22(43-6)10-8-20)28(40)33-19(5)27(39)36-25(18(3)4)15-37(16-26(38)34-23)30(42)21-13-31-32-14-21/h7-10,13-14,17-19,23-25H,11-12,15-16H2,1-6H3,(H,31,32)(H,33,40)(H,34,38)(H,35,41)(H,36,39)/t19-,23+,24+,25-/m1/s1. The third kappa shape index (κ3) is 9.55. The summed E-state index contributed by atoms with van der Waals surface area (Å²) in [6.07, 6.45) is 3.22. The zero-order valence-electron chi connectivity index (χ0n) is 25.6. The lowest BCUT2D eigenvalue weighted by molar-refractivity contribution is -0.133. The van der Waals surface area contributed by atoms with Crippen molar-refractivity contribution >= 4 is 29.5 Å². The molecule has 5 N–H and O–H groups in total. The van der Waals surface area contributed by atoms with Crippen LogP contribution in [-0.2, 0) is 25.6 Å². The second-order valence-corrected chi connectivity index (χ2v) is 11.6. The summed E-state index contributed by atoms with van der Waals surface area (Å²) in [5, 5.41) is 17.6. The number of ether oxygens (including phenoxy) is 1. The minimum absolute atomic E-state index is 0.0165. The van der Waals surface area contributed by atoms with Gasteiger partial charge in [-0.15, -0.1) is 0 Å². The van der Waals surface area contributed by atoms with Crippen molar-refractivity contribution in [2.75, 3.05) is 20.2 Å². The van der Waals surface area contributed by atoms with Crippen LogP contribution in [0, 0.1) is 11.8 Å². The van der Waals surface area contributed by atoms with Crippen molar-refractivity contribution in [3.8, 4) is 5.75 Å². The molecule has 13 nitrogen and oxygen atoms in total. The number of hydrogen-bond acceptors (Lipinski definition) is 7. The van der Waals surface area contributed by atoms with Gasteiger partial charge in [0.05, 0.1) is 25.4 Å². The highest BCUT2D eigenvalue weighted by atomic mass is 16.5. The number of aromatic nitrogens is 2. The van der Waals surface area contributed by atoms with E-state index >= 15 is 0 Å². The summed E-state index contributed by atoms with van der Waals surface area (Å²) in [6, 6.07) is 3.59. The van der Waals surface area contributed by atoms with Gasteiger partial charge < -0.3 is 30.9 Å². The molecule has 0 unspecified atom stereocenters. The van der Waals surface area contributed by atoms with Crippen LogP contribution < -0.4 is 26.0 Å². The first-order valence-corrected chi connectivity index (χ1v) is 14.5. The van der Waals surface area contributed by atoms with Gasteiger partial charge >= 0.3 is 0 Å². The number of hydrogen-bond donors (Lipinski definition) is 5. The van der Waals surface area contributed by atoms with Crippen LogP contribution in [0.2, 0.25) is 0 Å². The molecule has 234 valence electrons. The first kappa shape index (κ1) is 33.1. The van der Waals surface area contributed by atoms with E-state index in [1.807, 2.05) is 27.7 Å². The van der Waals surface area contributed by atoms with Gasteiger partial charge in [-0.2, -0.15) is 5.10 Å². The van der Waals surface area contributed by atoms with Crippen LogP contribution in [0.25, 0.3) is 0 Å². The molecule has 5 amide bonds. The molecule has 4 atom stereocenters. The van der Waals surface area contributed by atoms with Crippen molar-refractivity contribution in [2.24, 2.45) is 11.8 Å². The van der Waals surface area contributed by atoms with Gasteiger partial charge in [0.15, 0.2) is 0 Å². The first-order chi connectivity index (χ1) is 20.4.